The number of likely N-dealkylation sites (tertiary alicyclic amines) is 1. The molecular formula is C15H19F2NO3. The van der Waals surface area contributed by atoms with Crippen LogP contribution in [-0.2, 0) is 4.79 Å². The van der Waals surface area contributed by atoms with E-state index < -0.39 is 18.1 Å². The molecule has 6 heteroatoms. The van der Waals surface area contributed by atoms with Gasteiger partial charge in [-0.15, -0.1) is 0 Å². The van der Waals surface area contributed by atoms with Crippen LogP contribution in [0.2, 0.25) is 0 Å². The number of carboxylic acid groups (broad SMARTS) is 1. The van der Waals surface area contributed by atoms with Crippen LogP contribution in [0.1, 0.15) is 38.3 Å². The maximum atomic E-state index is 12.3. The summed E-state index contributed by atoms with van der Waals surface area (Å²) in [5, 5.41) is 9.45. The van der Waals surface area contributed by atoms with Crippen LogP contribution in [0.25, 0.3) is 0 Å². The highest BCUT2D eigenvalue weighted by atomic mass is 19.3. The van der Waals surface area contributed by atoms with Crippen LogP contribution in [0, 0.1) is 0 Å². The van der Waals surface area contributed by atoms with Crippen LogP contribution < -0.4 is 4.74 Å². The molecule has 1 heterocycles. The summed E-state index contributed by atoms with van der Waals surface area (Å²) >= 11 is 0. The molecule has 0 aromatic heterocycles. The van der Waals surface area contributed by atoms with Gasteiger partial charge in [0, 0.05) is 6.04 Å². The summed E-state index contributed by atoms with van der Waals surface area (Å²) in [6, 6.07) is 6.25. The van der Waals surface area contributed by atoms with Crippen LogP contribution in [0.4, 0.5) is 8.78 Å². The van der Waals surface area contributed by atoms with Gasteiger partial charge in [-0.1, -0.05) is 12.1 Å². The fourth-order valence-electron chi connectivity index (χ4n) is 2.97. The third-order valence-electron chi connectivity index (χ3n) is 4.19. The summed E-state index contributed by atoms with van der Waals surface area (Å²) in [5.74, 6) is -0.766. The van der Waals surface area contributed by atoms with Crippen LogP contribution >= 0.6 is 0 Å². The van der Waals surface area contributed by atoms with Gasteiger partial charge in [0.15, 0.2) is 0 Å². The third kappa shape index (κ3) is 3.15. The highest BCUT2D eigenvalue weighted by molar-refractivity contribution is 5.78. The van der Waals surface area contributed by atoms with Gasteiger partial charge in [0.2, 0.25) is 0 Å². The topological polar surface area (TPSA) is 49.8 Å². The van der Waals surface area contributed by atoms with Crippen molar-refractivity contribution >= 4 is 5.97 Å². The van der Waals surface area contributed by atoms with Crippen molar-refractivity contribution in [3.8, 4) is 5.75 Å². The summed E-state index contributed by atoms with van der Waals surface area (Å²) in [7, 11) is 0. The number of benzene rings is 1. The Labute approximate surface area is 122 Å². The summed E-state index contributed by atoms with van der Waals surface area (Å²) in [5.41, 5.74) is -0.151. The molecule has 2 atom stereocenters. The SMILES string of the molecule is CC(c1cccc(OC(F)F)c1)N1CCCC1(C)C(=O)O. The van der Waals surface area contributed by atoms with Gasteiger partial charge in [-0.25, -0.2) is 0 Å². The maximum Gasteiger partial charge on any atom is 0.387 e. The summed E-state index contributed by atoms with van der Waals surface area (Å²) < 4.78 is 28.9. The van der Waals surface area contributed by atoms with E-state index in [0.717, 1.165) is 12.0 Å². The number of hydrogen-bond donors (Lipinski definition) is 1. The van der Waals surface area contributed by atoms with Gasteiger partial charge in [0.25, 0.3) is 0 Å². The largest absolute Gasteiger partial charge is 0.480 e. The van der Waals surface area contributed by atoms with Gasteiger partial charge in [-0.2, -0.15) is 8.78 Å². The fraction of sp³-hybridized carbons (Fsp3) is 0.533. The molecule has 0 saturated carbocycles. The van der Waals surface area contributed by atoms with Crippen molar-refractivity contribution in [2.75, 3.05) is 6.54 Å². The molecule has 116 valence electrons. The van der Waals surface area contributed by atoms with Gasteiger partial charge >= 0.3 is 12.6 Å². The first-order chi connectivity index (χ1) is 9.84. The third-order valence-corrected chi connectivity index (χ3v) is 4.19. The molecule has 0 spiro atoms. The van der Waals surface area contributed by atoms with E-state index in [0.29, 0.717) is 13.0 Å². The van der Waals surface area contributed by atoms with Crippen LogP contribution in [-0.4, -0.2) is 34.7 Å². The van der Waals surface area contributed by atoms with E-state index in [4.69, 9.17) is 0 Å². The molecule has 0 aliphatic carbocycles. The molecular weight excluding hydrogens is 280 g/mol. The van der Waals surface area contributed by atoms with E-state index in [1.807, 2.05) is 11.8 Å². The van der Waals surface area contributed by atoms with Gasteiger partial charge in [-0.3, -0.25) is 9.69 Å². The zero-order valence-electron chi connectivity index (χ0n) is 12.1. The standard InChI is InChI=1S/C15H19F2NO3/c1-10(18-8-4-7-15(18,2)13(19)20)11-5-3-6-12(9-11)21-14(16)17/h3,5-6,9-10,14H,4,7-8H2,1-2H3,(H,19,20). The van der Waals surface area contributed by atoms with E-state index in [2.05, 4.69) is 4.74 Å². The van der Waals surface area contributed by atoms with Gasteiger partial charge in [0.1, 0.15) is 11.3 Å². The van der Waals surface area contributed by atoms with E-state index in [1.54, 1.807) is 19.1 Å². The second-order valence-electron chi connectivity index (χ2n) is 5.50. The normalized spacial score (nSPS) is 24.2. The van der Waals surface area contributed by atoms with E-state index >= 15 is 0 Å². The number of carboxylic acids is 1. The van der Waals surface area contributed by atoms with Crippen molar-refractivity contribution in [2.24, 2.45) is 0 Å². The minimum atomic E-state index is -2.87. The average molecular weight is 299 g/mol. The van der Waals surface area contributed by atoms with Crippen molar-refractivity contribution in [1.29, 1.82) is 0 Å². The Morgan fingerprint density at radius 1 is 1.48 bits per heavy atom. The predicted molar refractivity (Wildman–Crippen MR) is 73.5 cm³/mol. The molecule has 21 heavy (non-hydrogen) atoms. The minimum absolute atomic E-state index is 0.0885. The molecule has 0 radical (unpaired) electrons. The molecule has 0 bridgehead atoms. The van der Waals surface area contributed by atoms with E-state index in [9.17, 15) is 18.7 Å². The van der Waals surface area contributed by atoms with Gasteiger partial charge in [0.05, 0.1) is 0 Å². The highest BCUT2D eigenvalue weighted by Crippen LogP contribution is 2.37. The minimum Gasteiger partial charge on any atom is -0.480 e. The second-order valence-corrected chi connectivity index (χ2v) is 5.50. The van der Waals surface area contributed by atoms with Crippen LogP contribution in [0.3, 0.4) is 0 Å². The van der Waals surface area contributed by atoms with Gasteiger partial charge in [-0.05, 0) is 50.9 Å². The lowest BCUT2D eigenvalue weighted by molar-refractivity contribution is -0.149. The van der Waals surface area contributed by atoms with Crippen molar-refractivity contribution in [3.63, 3.8) is 0 Å². The lowest BCUT2D eigenvalue weighted by atomic mass is 9.96. The number of nitrogens with zero attached hydrogens (tertiary/aromatic N) is 1. The number of halogens is 2. The van der Waals surface area contributed by atoms with Crippen molar-refractivity contribution < 1.29 is 23.4 Å². The molecule has 1 aromatic carbocycles. The van der Waals surface area contributed by atoms with E-state index in [-0.39, 0.29) is 11.8 Å². The molecule has 1 aromatic rings. The predicted octanol–water partition coefficient (Wildman–Crippen LogP) is 3.29. The molecule has 1 fully saturated rings. The number of alkyl halides is 2. The summed E-state index contributed by atoms with van der Waals surface area (Å²) in [4.78, 5) is 13.4. The number of ether oxygens (including phenoxy) is 1. The first-order valence-corrected chi connectivity index (χ1v) is 6.89. The number of hydrogen-bond acceptors (Lipinski definition) is 3. The Hall–Kier alpha value is -1.69. The average Bonchev–Trinajstić information content (AvgIpc) is 2.81. The molecule has 1 aliphatic heterocycles. The fourth-order valence-corrected chi connectivity index (χ4v) is 2.97. The summed E-state index contributed by atoms with van der Waals surface area (Å²) in [6.07, 6.45) is 1.39. The number of rotatable bonds is 5. The Kier molecular flexibility index (Phi) is 4.46. The lowest BCUT2D eigenvalue weighted by Crippen LogP contribution is -2.48. The maximum absolute atomic E-state index is 12.3. The molecule has 1 saturated heterocycles. The van der Waals surface area contributed by atoms with Gasteiger partial charge < -0.3 is 9.84 Å². The zero-order chi connectivity index (χ0) is 15.6. The first-order valence-electron chi connectivity index (χ1n) is 6.89. The first kappa shape index (κ1) is 15.7. The molecule has 1 N–H and O–H groups in total. The smallest absolute Gasteiger partial charge is 0.387 e. The van der Waals surface area contributed by atoms with Crippen molar-refractivity contribution in [1.82, 2.24) is 4.90 Å². The van der Waals surface area contributed by atoms with Crippen molar-refractivity contribution in [3.05, 3.63) is 29.8 Å². The Morgan fingerprint density at radius 2 is 2.19 bits per heavy atom. The Morgan fingerprint density at radius 3 is 2.81 bits per heavy atom. The quantitative estimate of drug-likeness (QED) is 0.906. The molecule has 2 rings (SSSR count). The number of aliphatic carboxylic acids is 1. The molecule has 2 unspecified atom stereocenters. The second kappa shape index (κ2) is 5.97. The van der Waals surface area contributed by atoms with E-state index in [1.165, 1.54) is 12.1 Å². The van der Waals surface area contributed by atoms with Crippen LogP contribution in [0.5, 0.6) is 5.75 Å². The number of carbonyl (C=O) groups is 1. The highest BCUT2D eigenvalue weighted by Gasteiger charge is 2.45. The van der Waals surface area contributed by atoms with Crippen molar-refractivity contribution in [2.45, 2.75) is 44.9 Å². The summed E-state index contributed by atoms with van der Waals surface area (Å²) in [6.45, 7) is 1.39. The molecule has 0 amide bonds. The zero-order valence-corrected chi connectivity index (χ0v) is 12.1. The molecule has 1 aliphatic rings. The molecule has 4 nitrogen and oxygen atoms in total. The lowest BCUT2D eigenvalue weighted by Gasteiger charge is -2.36. The van der Waals surface area contributed by atoms with Crippen LogP contribution in [0.15, 0.2) is 24.3 Å². The Bertz CT molecular complexity index is 523. The monoisotopic (exact) mass is 299 g/mol. The Balaban J connectivity index is 2.23.